The molecule has 2 aromatic heterocycles. The van der Waals surface area contributed by atoms with Crippen LogP contribution in [0.1, 0.15) is 35.6 Å². The van der Waals surface area contributed by atoms with E-state index in [0.717, 1.165) is 0 Å². The summed E-state index contributed by atoms with van der Waals surface area (Å²) in [5.41, 5.74) is 1.51. The Bertz CT molecular complexity index is 996. The molecular formula is C18H15ClF2N4O3. The molecule has 146 valence electrons. The first kappa shape index (κ1) is 19.7. The van der Waals surface area contributed by atoms with Gasteiger partial charge in [0.25, 0.3) is 5.82 Å². The molecule has 0 aliphatic heterocycles. The van der Waals surface area contributed by atoms with Crippen LogP contribution in [0.2, 0.25) is 5.02 Å². The van der Waals surface area contributed by atoms with Gasteiger partial charge in [0, 0.05) is 16.8 Å². The number of carboxylic acid groups (broad SMARTS) is 1. The van der Waals surface area contributed by atoms with Gasteiger partial charge in [0.1, 0.15) is 6.33 Å². The highest BCUT2D eigenvalue weighted by atomic mass is 35.5. The van der Waals surface area contributed by atoms with Gasteiger partial charge in [-0.1, -0.05) is 30.7 Å². The molecule has 0 aliphatic rings. The predicted molar refractivity (Wildman–Crippen MR) is 96.7 cm³/mol. The van der Waals surface area contributed by atoms with Crippen molar-refractivity contribution in [3.05, 3.63) is 59.3 Å². The van der Waals surface area contributed by atoms with Gasteiger partial charge in [0.05, 0.1) is 6.04 Å². The Kier molecular flexibility index (Phi) is 5.84. The third-order valence-corrected chi connectivity index (χ3v) is 4.23. The van der Waals surface area contributed by atoms with Crippen molar-refractivity contribution in [3.8, 4) is 17.0 Å². The van der Waals surface area contributed by atoms with E-state index in [-0.39, 0.29) is 11.7 Å². The average Bonchev–Trinajstić information content (AvgIpc) is 3.13. The Balaban J connectivity index is 2.07. The quantitative estimate of drug-likeness (QED) is 0.627. The normalized spacial score (nSPS) is 12.2. The van der Waals surface area contributed by atoms with E-state index in [9.17, 15) is 13.6 Å². The molecule has 2 heterocycles. The molecular weight excluding hydrogens is 394 g/mol. The predicted octanol–water partition coefficient (Wildman–Crippen LogP) is 4.29. The van der Waals surface area contributed by atoms with E-state index in [0.29, 0.717) is 28.1 Å². The van der Waals surface area contributed by atoms with Crippen LogP contribution >= 0.6 is 11.6 Å². The monoisotopic (exact) mass is 408 g/mol. The van der Waals surface area contributed by atoms with Gasteiger partial charge in [0.2, 0.25) is 5.88 Å². The zero-order valence-electron chi connectivity index (χ0n) is 14.6. The number of benzene rings is 1. The van der Waals surface area contributed by atoms with Gasteiger partial charge in [-0.3, -0.25) is 0 Å². The summed E-state index contributed by atoms with van der Waals surface area (Å²) < 4.78 is 31.5. The summed E-state index contributed by atoms with van der Waals surface area (Å²) in [6, 6.07) is 7.90. The van der Waals surface area contributed by atoms with Crippen molar-refractivity contribution in [1.82, 2.24) is 19.7 Å². The minimum Gasteiger partial charge on any atom is -0.475 e. The van der Waals surface area contributed by atoms with Gasteiger partial charge in [-0.2, -0.15) is 8.78 Å². The lowest BCUT2D eigenvalue weighted by Crippen LogP contribution is -2.13. The first-order valence-corrected chi connectivity index (χ1v) is 8.62. The molecule has 3 rings (SSSR count). The Morgan fingerprint density at radius 3 is 2.71 bits per heavy atom. The highest BCUT2D eigenvalue weighted by Crippen LogP contribution is 2.34. The molecule has 1 atom stereocenters. The number of hydrogen-bond acceptors (Lipinski definition) is 5. The lowest BCUT2D eigenvalue weighted by molar-refractivity contribution is -0.0524. The largest absolute Gasteiger partial charge is 0.475 e. The fraction of sp³-hybridized carbons (Fsp3) is 0.222. The summed E-state index contributed by atoms with van der Waals surface area (Å²) in [6.45, 7) is -1.17. The number of aromatic nitrogens is 4. The molecule has 0 saturated carbocycles. The molecule has 0 saturated heterocycles. The smallest absolute Gasteiger partial charge is 0.388 e. The fourth-order valence-corrected chi connectivity index (χ4v) is 2.98. The second-order valence-corrected chi connectivity index (χ2v) is 6.22. The molecule has 7 nitrogen and oxygen atoms in total. The van der Waals surface area contributed by atoms with Crippen LogP contribution in [0.5, 0.6) is 5.88 Å². The van der Waals surface area contributed by atoms with Gasteiger partial charge < -0.3 is 9.84 Å². The zero-order chi connectivity index (χ0) is 20.3. The fourth-order valence-electron chi connectivity index (χ4n) is 2.79. The molecule has 3 aromatic rings. The summed E-state index contributed by atoms with van der Waals surface area (Å²) in [5, 5.41) is 13.4. The maximum absolute atomic E-state index is 12.8. The molecule has 1 N–H and O–H groups in total. The maximum atomic E-state index is 12.8. The minimum atomic E-state index is -3.04. The van der Waals surface area contributed by atoms with Gasteiger partial charge in [-0.05, 0) is 35.7 Å². The lowest BCUT2D eigenvalue weighted by atomic mass is 10.0. The number of hydrogen-bond donors (Lipinski definition) is 1. The van der Waals surface area contributed by atoms with Crippen molar-refractivity contribution in [3.63, 3.8) is 0 Å². The van der Waals surface area contributed by atoms with Crippen LogP contribution < -0.4 is 4.74 Å². The lowest BCUT2D eigenvalue weighted by Gasteiger charge is -2.18. The number of carboxylic acids is 1. The molecule has 0 spiro atoms. The van der Waals surface area contributed by atoms with Crippen molar-refractivity contribution in [2.75, 3.05) is 0 Å². The summed E-state index contributed by atoms with van der Waals surface area (Å²) in [7, 11) is 0. The number of ether oxygens (including phenoxy) is 1. The Morgan fingerprint density at radius 1 is 1.32 bits per heavy atom. The van der Waals surface area contributed by atoms with E-state index >= 15 is 0 Å². The summed E-state index contributed by atoms with van der Waals surface area (Å²) in [4.78, 5) is 18.8. The second kappa shape index (κ2) is 8.30. The SMILES string of the molecule is CCC(c1cnc(OC(F)F)c(-c2cccc(Cl)c2)c1)n1cnc(C(=O)O)n1. The van der Waals surface area contributed by atoms with Gasteiger partial charge in [-0.25, -0.2) is 19.4 Å². The topological polar surface area (TPSA) is 90.1 Å². The van der Waals surface area contributed by atoms with Crippen LogP contribution in [0, 0.1) is 0 Å². The van der Waals surface area contributed by atoms with Crippen molar-refractivity contribution >= 4 is 17.6 Å². The molecule has 1 aromatic carbocycles. The van der Waals surface area contributed by atoms with Crippen molar-refractivity contribution in [2.24, 2.45) is 0 Å². The first-order chi connectivity index (χ1) is 13.4. The minimum absolute atomic E-state index is 0.235. The molecule has 1 unspecified atom stereocenters. The number of aromatic carboxylic acids is 1. The van der Waals surface area contributed by atoms with Crippen LogP contribution in [0.25, 0.3) is 11.1 Å². The molecule has 0 fully saturated rings. The first-order valence-electron chi connectivity index (χ1n) is 8.24. The summed E-state index contributed by atoms with van der Waals surface area (Å²) >= 11 is 6.02. The van der Waals surface area contributed by atoms with E-state index in [1.165, 1.54) is 17.2 Å². The molecule has 0 aliphatic carbocycles. The maximum Gasteiger partial charge on any atom is 0.388 e. The number of halogens is 3. The third kappa shape index (κ3) is 4.25. The van der Waals surface area contributed by atoms with E-state index in [2.05, 4.69) is 19.8 Å². The Morgan fingerprint density at radius 2 is 2.11 bits per heavy atom. The highest BCUT2D eigenvalue weighted by molar-refractivity contribution is 6.30. The highest BCUT2D eigenvalue weighted by Gasteiger charge is 2.20. The van der Waals surface area contributed by atoms with Crippen LogP contribution in [-0.2, 0) is 0 Å². The second-order valence-electron chi connectivity index (χ2n) is 5.79. The van der Waals surface area contributed by atoms with Crippen LogP contribution in [0.3, 0.4) is 0 Å². The summed E-state index contributed by atoms with van der Waals surface area (Å²) in [5.74, 6) is -1.81. The van der Waals surface area contributed by atoms with E-state index in [1.807, 2.05) is 6.92 Å². The third-order valence-electron chi connectivity index (χ3n) is 4.00. The van der Waals surface area contributed by atoms with Crippen molar-refractivity contribution in [2.45, 2.75) is 26.0 Å². The van der Waals surface area contributed by atoms with Crippen LogP contribution in [-0.4, -0.2) is 37.4 Å². The van der Waals surface area contributed by atoms with E-state index < -0.39 is 18.6 Å². The van der Waals surface area contributed by atoms with Gasteiger partial charge in [0.15, 0.2) is 0 Å². The molecule has 10 heteroatoms. The summed E-state index contributed by atoms with van der Waals surface area (Å²) in [6.07, 6.45) is 3.23. The number of pyridine rings is 1. The molecule has 0 bridgehead atoms. The van der Waals surface area contributed by atoms with Crippen LogP contribution in [0.15, 0.2) is 42.9 Å². The van der Waals surface area contributed by atoms with E-state index in [1.54, 1.807) is 30.3 Å². The average molecular weight is 409 g/mol. The number of nitrogens with zero attached hydrogens (tertiary/aromatic N) is 4. The van der Waals surface area contributed by atoms with Gasteiger partial charge in [-0.15, -0.1) is 5.10 Å². The van der Waals surface area contributed by atoms with Crippen molar-refractivity contribution < 1.29 is 23.4 Å². The standard InChI is InChI=1S/C18H15ClF2N4O3/c1-2-14(25-9-23-15(24-25)17(26)27)11-7-13(10-4-3-5-12(19)6-10)16(22-8-11)28-18(20)21/h3-9,14,18H,2H2,1H3,(H,26,27). The van der Waals surface area contributed by atoms with Crippen LogP contribution in [0.4, 0.5) is 8.78 Å². The van der Waals surface area contributed by atoms with E-state index in [4.69, 9.17) is 16.7 Å². The zero-order valence-corrected chi connectivity index (χ0v) is 15.3. The molecule has 0 amide bonds. The Labute approximate surface area is 163 Å². The number of alkyl halides is 2. The molecule has 28 heavy (non-hydrogen) atoms. The van der Waals surface area contributed by atoms with Gasteiger partial charge >= 0.3 is 12.6 Å². The number of rotatable bonds is 7. The molecule has 0 radical (unpaired) electrons. The Hall–Kier alpha value is -3.07. The van der Waals surface area contributed by atoms with Crippen molar-refractivity contribution in [1.29, 1.82) is 0 Å². The number of carbonyl (C=O) groups is 1.